The largest absolute Gasteiger partial charge is 0.464 e. The van der Waals surface area contributed by atoms with E-state index in [4.69, 9.17) is 24.3 Å². The highest BCUT2D eigenvalue weighted by atomic mass is 31.2. The number of nitrogens with zero attached hydrogens (tertiary/aromatic N) is 2. The lowest BCUT2D eigenvalue weighted by Crippen LogP contribution is -2.46. The lowest BCUT2D eigenvalue weighted by atomic mass is 9.96. The first-order valence-electron chi connectivity index (χ1n) is 13.4. The van der Waals surface area contributed by atoms with Gasteiger partial charge in [-0.05, 0) is 38.0 Å². The number of rotatable bonds is 11. The maximum atomic E-state index is 13.7. The molecule has 0 bridgehead atoms. The molecule has 1 aromatic carbocycles. The highest BCUT2D eigenvalue weighted by Crippen LogP contribution is 2.46. The van der Waals surface area contributed by atoms with Crippen LogP contribution in [0.25, 0.3) is 0 Å². The second kappa shape index (κ2) is 13.2. The minimum atomic E-state index is -4.08. The van der Waals surface area contributed by atoms with Crippen LogP contribution in [0.15, 0.2) is 47.4 Å². The second-order valence-corrected chi connectivity index (χ2v) is 12.0. The van der Waals surface area contributed by atoms with Crippen molar-refractivity contribution in [2.75, 3.05) is 25.5 Å². The monoisotopic (exact) mass is 580 g/mol. The van der Waals surface area contributed by atoms with Crippen LogP contribution in [0.1, 0.15) is 51.7 Å². The molecule has 1 aromatic heterocycles. The Morgan fingerprint density at radius 1 is 1.23 bits per heavy atom. The van der Waals surface area contributed by atoms with Crippen LogP contribution in [-0.4, -0.2) is 63.3 Å². The van der Waals surface area contributed by atoms with Gasteiger partial charge in [-0.25, -0.2) is 14.4 Å². The van der Waals surface area contributed by atoms with Gasteiger partial charge in [0.1, 0.15) is 36.0 Å². The molecule has 1 saturated heterocycles. The van der Waals surface area contributed by atoms with Crippen molar-refractivity contribution < 1.29 is 38.1 Å². The summed E-state index contributed by atoms with van der Waals surface area (Å²) < 4.78 is 37.1. The summed E-state index contributed by atoms with van der Waals surface area (Å²) in [5.41, 5.74) is 2.84. The van der Waals surface area contributed by atoms with Crippen molar-refractivity contribution in [1.82, 2.24) is 14.6 Å². The van der Waals surface area contributed by atoms with Crippen molar-refractivity contribution in [1.29, 1.82) is 0 Å². The summed E-state index contributed by atoms with van der Waals surface area (Å²) in [6.45, 7) is 0.757. The fraction of sp³-hybridized carbons (Fsp3) is 0.577. The summed E-state index contributed by atoms with van der Waals surface area (Å²) in [4.78, 5) is 28.4. The number of nitrogens with two attached hydrogens (primary N) is 1. The molecule has 1 unspecified atom stereocenters. The van der Waals surface area contributed by atoms with E-state index < -0.39 is 44.1 Å². The molecule has 5 N–H and O–H groups in total. The standard InChI is InChI=1S/C26H37N4O9P/c1-26(34)22(31)20(38-24(26)30-15-13-21(27)29-25(30)33)17-37-40(35,39-19-11-7-4-8-12-19)28-14-16-36-23(32)18-9-5-2-3-6-10-18/h4,7-8,11-13,15,18,20,22,24,31,34H,2-3,5-6,9-10,14,16-17H2,1H3,(H,28,35)(H2,27,29,33)/t20-,22-,24-,26-,40?/m1/s1. The van der Waals surface area contributed by atoms with Gasteiger partial charge in [-0.15, -0.1) is 0 Å². The first kappa shape index (κ1) is 30.2. The second-order valence-electron chi connectivity index (χ2n) is 10.2. The van der Waals surface area contributed by atoms with Gasteiger partial charge in [0.25, 0.3) is 0 Å². The molecule has 0 spiro atoms. The number of nitrogens with one attached hydrogen (secondary N) is 1. The number of aliphatic hydroxyl groups is 2. The SMILES string of the molecule is C[C@@]1(O)[C@H](O)[C@@H](COP(=O)(NCCOC(=O)C2CCCCCC2)Oc2ccccc2)O[C@H]1n1ccc(N)nc1=O. The van der Waals surface area contributed by atoms with Crippen molar-refractivity contribution >= 4 is 19.5 Å². The van der Waals surface area contributed by atoms with Crippen LogP contribution in [0.2, 0.25) is 0 Å². The lowest BCUT2D eigenvalue weighted by Gasteiger charge is -2.27. The number of aromatic nitrogens is 2. The summed E-state index contributed by atoms with van der Waals surface area (Å²) in [5, 5.41) is 24.4. The van der Waals surface area contributed by atoms with Crippen molar-refractivity contribution in [2.45, 2.75) is 69.5 Å². The molecule has 13 nitrogen and oxygen atoms in total. The van der Waals surface area contributed by atoms with Gasteiger partial charge in [-0.1, -0.05) is 43.9 Å². The Morgan fingerprint density at radius 2 is 1.93 bits per heavy atom. The summed E-state index contributed by atoms with van der Waals surface area (Å²) in [5.74, 6) is -0.154. The summed E-state index contributed by atoms with van der Waals surface area (Å²) in [6, 6.07) is 9.68. The van der Waals surface area contributed by atoms with Crippen LogP contribution in [0.3, 0.4) is 0 Å². The highest BCUT2D eigenvalue weighted by Gasteiger charge is 2.54. The van der Waals surface area contributed by atoms with E-state index in [1.54, 1.807) is 30.3 Å². The molecule has 220 valence electrons. The predicted octanol–water partition coefficient (Wildman–Crippen LogP) is 2.14. The molecule has 40 heavy (non-hydrogen) atoms. The maximum absolute atomic E-state index is 13.7. The summed E-state index contributed by atoms with van der Waals surface area (Å²) in [7, 11) is -4.08. The summed E-state index contributed by atoms with van der Waals surface area (Å²) >= 11 is 0. The van der Waals surface area contributed by atoms with Crippen LogP contribution in [0.5, 0.6) is 5.75 Å². The molecule has 1 aliphatic heterocycles. The number of aliphatic hydroxyl groups excluding tert-OH is 1. The van der Waals surface area contributed by atoms with Gasteiger partial charge < -0.3 is 29.9 Å². The van der Waals surface area contributed by atoms with E-state index in [1.165, 1.54) is 19.2 Å². The quantitative estimate of drug-likeness (QED) is 0.132. The van der Waals surface area contributed by atoms with Gasteiger partial charge >= 0.3 is 19.4 Å². The molecular formula is C26H37N4O9P. The van der Waals surface area contributed by atoms with Gasteiger partial charge in [-0.3, -0.25) is 13.9 Å². The molecule has 1 saturated carbocycles. The first-order valence-corrected chi connectivity index (χ1v) is 14.9. The molecule has 2 aromatic rings. The molecular weight excluding hydrogens is 543 g/mol. The Hall–Kier alpha value is -2.80. The third kappa shape index (κ3) is 7.48. The molecule has 0 amide bonds. The fourth-order valence-corrected chi connectivity index (χ4v) is 6.16. The van der Waals surface area contributed by atoms with E-state index in [0.29, 0.717) is 0 Å². The molecule has 14 heteroatoms. The topological polar surface area (TPSA) is 184 Å². The molecule has 2 aliphatic rings. The smallest absolute Gasteiger partial charge is 0.458 e. The third-order valence-electron chi connectivity index (χ3n) is 7.08. The predicted molar refractivity (Wildman–Crippen MR) is 144 cm³/mol. The van der Waals surface area contributed by atoms with Crippen LogP contribution in [-0.2, 0) is 23.4 Å². The molecule has 4 rings (SSSR count). The minimum absolute atomic E-state index is 0.00989. The van der Waals surface area contributed by atoms with Gasteiger partial charge in [-0.2, -0.15) is 4.98 Å². The number of ether oxygens (including phenoxy) is 2. The van der Waals surface area contributed by atoms with Gasteiger partial charge in [0.05, 0.1) is 12.5 Å². The zero-order valence-corrected chi connectivity index (χ0v) is 23.3. The number of para-hydroxylation sites is 1. The van der Waals surface area contributed by atoms with Gasteiger partial charge in [0, 0.05) is 12.7 Å². The van der Waals surface area contributed by atoms with E-state index in [2.05, 4.69) is 10.1 Å². The van der Waals surface area contributed by atoms with E-state index >= 15 is 0 Å². The Labute approximate surface area is 232 Å². The fourth-order valence-electron chi connectivity index (χ4n) is 4.85. The Balaban J connectivity index is 1.39. The number of carbonyl (C=O) groups is 1. The molecule has 1 aliphatic carbocycles. The Bertz CT molecular complexity index is 1230. The van der Waals surface area contributed by atoms with Crippen LogP contribution < -0.4 is 21.0 Å². The third-order valence-corrected chi connectivity index (χ3v) is 8.63. The Kier molecular flexibility index (Phi) is 9.99. The molecule has 2 fully saturated rings. The van der Waals surface area contributed by atoms with Crippen molar-refractivity contribution in [3.63, 3.8) is 0 Å². The average molecular weight is 581 g/mol. The normalized spacial score (nSPS) is 27.0. The molecule has 2 heterocycles. The van der Waals surface area contributed by atoms with Crippen molar-refractivity contribution in [3.8, 4) is 5.75 Å². The van der Waals surface area contributed by atoms with Crippen LogP contribution in [0.4, 0.5) is 5.82 Å². The van der Waals surface area contributed by atoms with E-state index in [9.17, 15) is 24.4 Å². The van der Waals surface area contributed by atoms with Crippen molar-refractivity contribution in [2.24, 2.45) is 5.92 Å². The number of carbonyl (C=O) groups excluding carboxylic acids is 1. The zero-order chi connectivity index (χ0) is 28.8. The maximum Gasteiger partial charge on any atom is 0.458 e. The van der Waals surface area contributed by atoms with E-state index in [-0.39, 0.29) is 36.6 Å². The van der Waals surface area contributed by atoms with E-state index in [0.717, 1.165) is 43.1 Å². The molecule has 0 radical (unpaired) electrons. The summed E-state index contributed by atoms with van der Waals surface area (Å²) in [6.07, 6.45) is 3.10. The van der Waals surface area contributed by atoms with E-state index in [1.807, 2.05) is 0 Å². The number of hydrogen-bond acceptors (Lipinski definition) is 11. The van der Waals surface area contributed by atoms with Crippen LogP contribution in [0, 0.1) is 5.92 Å². The van der Waals surface area contributed by atoms with Crippen molar-refractivity contribution in [3.05, 3.63) is 53.1 Å². The Morgan fingerprint density at radius 3 is 2.60 bits per heavy atom. The zero-order valence-electron chi connectivity index (χ0n) is 22.4. The number of anilines is 1. The number of esters is 1. The number of benzene rings is 1. The number of nitrogen functional groups attached to an aromatic ring is 1. The minimum Gasteiger partial charge on any atom is -0.464 e. The highest BCUT2D eigenvalue weighted by molar-refractivity contribution is 7.52. The average Bonchev–Trinajstić information content (AvgIpc) is 3.10. The lowest BCUT2D eigenvalue weighted by molar-refractivity contribution is -0.148. The van der Waals surface area contributed by atoms with Crippen LogP contribution >= 0.6 is 7.75 Å². The number of hydrogen-bond donors (Lipinski definition) is 4. The molecule has 5 atom stereocenters. The van der Waals surface area contributed by atoms with Gasteiger partial charge in [0.2, 0.25) is 0 Å². The van der Waals surface area contributed by atoms with Gasteiger partial charge in [0.15, 0.2) is 6.23 Å². The first-order chi connectivity index (χ1) is 19.1.